The Morgan fingerprint density at radius 2 is 1.73 bits per heavy atom. The van der Waals surface area contributed by atoms with Crippen molar-refractivity contribution in [2.24, 2.45) is 11.8 Å². The van der Waals surface area contributed by atoms with Crippen molar-refractivity contribution >= 4 is 38.4 Å². The lowest BCUT2D eigenvalue weighted by molar-refractivity contribution is -0.151. The fourth-order valence-corrected chi connectivity index (χ4v) is 6.44. The SMILES string of the molecule is CCCOc1ccc(C2NC(Cc3ccc4ccccc4c3)(C(=O)O)C3C(=O)N(CCS(C)(=O)=O)C(=O)C23)cc1. The van der Waals surface area contributed by atoms with Crippen LogP contribution in [0.3, 0.4) is 0 Å². The van der Waals surface area contributed by atoms with Crippen molar-refractivity contribution in [2.75, 3.05) is 25.2 Å². The maximum absolute atomic E-state index is 13.8. The van der Waals surface area contributed by atoms with Gasteiger partial charge < -0.3 is 9.84 Å². The molecule has 0 bridgehead atoms. The van der Waals surface area contributed by atoms with Crippen molar-refractivity contribution in [3.05, 3.63) is 77.9 Å². The van der Waals surface area contributed by atoms with Crippen LogP contribution in [0.5, 0.6) is 5.75 Å². The van der Waals surface area contributed by atoms with E-state index in [-0.39, 0.29) is 13.0 Å². The first-order valence-corrected chi connectivity index (χ1v) is 15.3. The van der Waals surface area contributed by atoms with Gasteiger partial charge in [-0.2, -0.15) is 0 Å². The quantitative estimate of drug-likeness (QED) is 0.360. The minimum atomic E-state index is -3.47. The van der Waals surface area contributed by atoms with Crippen LogP contribution in [0.15, 0.2) is 66.7 Å². The second-order valence-electron chi connectivity index (χ2n) is 10.6. The summed E-state index contributed by atoms with van der Waals surface area (Å²) in [5, 5.41) is 15.8. The Hall–Kier alpha value is -3.76. The largest absolute Gasteiger partial charge is 0.494 e. The van der Waals surface area contributed by atoms with Gasteiger partial charge in [0, 0.05) is 25.3 Å². The first-order chi connectivity index (χ1) is 19.0. The molecule has 210 valence electrons. The minimum absolute atomic E-state index is 0.0402. The first-order valence-electron chi connectivity index (χ1n) is 13.3. The van der Waals surface area contributed by atoms with E-state index in [0.29, 0.717) is 23.5 Å². The average molecular weight is 565 g/mol. The number of amides is 2. The molecule has 40 heavy (non-hydrogen) atoms. The van der Waals surface area contributed by atoms with E-state index in [4.69, 9.17) is 4.74 Å². The lowest BCUT2D eigenvalue weighted by Crippen LogP contribution is -2.57. The Bertz CT molecular complexity index is 1570. The van der Waals surface area contributed by atoms with Crippen molar-refractivity contribution < 1.29 is 32.6 Å². The van der Waals surface area contributed by atoms with Crippen LogP contribution in [0, 0.1) is 11.8 Å². The number of aliphatic carboxylic acids is 1. The molecular formula is C30H32N2O7S. The standard InChI is InChI=1S/C30H32N2O7S/c1-3-15-39-23-12-10-21(11-13-23)26-24-25(28(34)32(27(24)33)14-16-40(2,37)38)30(31-26,29(35)36)18-19-8-9-20-6-4-5-7-22(20)17-19/h4-13,17,24-26,31H,3,14-16,18H2,1-2H3,(H,35,36). The summed E-state index contributed by atoms with van der Waals surface area (Å²) in [6.07, 6.45) is 1.83. The van der Waals surface area contributed by atoms with Crippen molar-refractivity contribution in [2.45, 2.75) is 31.3 Å². The highest BCUT2D eigenvalue weighted by atomic mass is 32.2. The third kappa shape index (κ3) is 5.09. The Morgan fingerprint density at radius 1 is 1.02 bits per heavy atom. The number of carboxylic acid groups (broad SMARTS) is 1. The van der Waals surface area contributed by atoms with Crippen molar-refractivity contribution in [3.8, 4) is 5.75 Å². The van der Waals surface area contributed by atoms with Crippen LogP contribution in [-0.4, -0.2) is 66.9 Å². The van der Waals surface area contributed by atoms with E-state index in [2.05, 4.69) is 5.32 Å². The summed E-state index contributed by atoms with van der Waals surface area (Å²) in [6, 6.07) is 19.6. The zero-order valence-electron chi connectivity index (χ0n) is 22.4. The maximum Gasteiger partial charge on any atom is 0.325 e. The number of rotatable bonds is 10. The fraction of sp³-hybridized carbons (Fsp3) is 0.367. The molecular weight excluding hydrogens is 532 g/mol. The highest BCUT2D eigenvalue weighted by molar-refractivity contribution is 7.90. The van der Waals surface area contributed by atoms with Crippen molar-refractivity contribution in [1.82, 2.24) is 10.2 Å². The molecule has 0 saturated carbocycles. The van der Waals surface area contributed by atoms with E-state index < -0.39 is 56.8 Å². The number of imide groups is 1. The smallest absolute Gasteiger partial charge is 0.325 e. The van der Waals surface area contributed by atoms with E-state index >= 15 is 0 Å². The number of fused-ring (bicyclic) bond motifs is 2. The number of hydrogen-bond donors (Lipinski definition) is 2. The van der Waals surface area contributed by atoms with Crippen LogP contribution in [0.2, 0.25) is 0 Å². The first kappa shape index (κ1) is 27.8. The van der Waals surface area contributed by atoms with E-state index in [9.17, 15) is 27.9 Å². The van der Waals surface area contributed by atoms with Gasteiger partial charge in [-0.05, 0) is 40.5 Å². The zero-order valence-corrected chi connectivity index (χ0v) is 23.2. The topological polar surface area (TPSA) is 130 Å². The van der Waals surface area contributed by atoms with Gasteiger partial charge in [0.05, 0.1) is 24.2 Å². The number of hydrogen-bond acceptors (Lipinski definition) is 7. The number of nitrogens with zero attached hydrogens (tertiary/aromatic N) is 1. The molecule has 0 spiro atoms. The van der Waals surface area contributed by atoms with E-state index in [1.165, 1.54) is 0 Å². The molecule has 10 heteroatoms. The van der Waals surface area contributed by atoms with Gasteiger partial charge in [0.2, 0.25) is 11.8 Å². The molecule has 0 radical (unpaired) electrons. The van der Waals surface area contributed by atoms with Gasteiger partial charge in [-0.1, -0.05) is 61.5 Å². The van der Waals surface area contributed by atoms with Gasteiger partial charge in [-0.15, -0.1) is 0 Å². The van der Waals surface area contributed by atoms with Crippen LogP contribution in [-0.2, 0) is 30.6 Å². The molecule has 2 saturated heterocycles. The molecule has 5 rings (SSSR count). The molecule has 2 heterocycles. The van der Waals surface area contributed by atoms with Crippen LogP contribution < -0.4 is 10.1 Å². The van der Waals surface area contributed by atoms with Crippen LogP contribution in [0.1, 0.15) is 30.5 Å². The molecule has 0 aliphatic carbocycles. The van der Waals surface area contributed by atoms with Gasteiger partial charge in [-0.3, -0.25) is 24.6 Å². The maximum atomic E-state index is 13.8. The van der Waals surface area contributed by atoms with E-state index in [1.807, 2.05) is 49.4 Å². The second kappa shape index (κ2) is 10.7. The lowest BCUT2D eigenvalue weighted by atomic mass is 9.76. The summed E-state index contributed by atoms with van der Waals surface area (Å²) in [5.41, 5.74) is -0.445. The second-order valence-corrected chi connectivity index (χ2v) is 12.9. The highest BCUT2D eigenvalue weighted by Gasteiger charge is 2.68. The summed E-state index contributed by atoms with van der Waals surface area (Å²) < 4.78 is 29.4. The summed E-state index contributed by atoms with van der Waals surface area (Å²) in [7, 11) is -3.47. The highest BCUT2D eigenvalue weighted by Crippen LogP contribution is 2.50. The summed E-state index contributed by atoms with van der Waals surface area (Å²) in [6.45, 7) is 2.23. The number of benzene rings is 3. The Labute approximate surface area is 233 Å². The summed E-state index contributed by atoms with van der Waals surface area (Å²) in [5.74, 6) is -4.45. The predicted octanol–water partition coefficient (Wildman–Crippen LogP) is 2.98. The number of likely N-dealkylation sites (tertiary alicyclic amines) is 1. The zero-order chi connectivity index (χ0) is 28.7. The van der Waals surface area contributed by atoms with Crippen molar-refractivity contribution in [3.63, 3.8) is 0 Å². The molecule has 0 aromatic heterocycles. The molecule has 3 aromatic carbocycles. The third-order valence-corrected chi connectivity index (χ3v) is 8.75. The minimum Gasteiger partial charge on any atom is -0.494 e. The number of carbonyl (C=O) groups excluding carboxylic acids is 2. The number of carboxylic acids is 1. The van der Waals surface area contributed by atoms with Gasteiger partial charge >= 0.3 is 5.97 Å². The molecule has 4 unspecified atom stereocenters. The van der Waals surface area contributed by atoms with Crippen LogP contribution >= 0.6 is 0 Å². The predicted molar refractivity (Wildman–Crippen MR) is 150 cm³/mol. The monoisotopic (exact) mass is 564 g/mol. The van der Waals surface area contributed by atoms with Crippen molar-refractivity contribution in [1.29, 1.82) is 0 Å². The Balaban J connectivity index is 1.57. The molecule has 2 fully saturated rings. The number of carbonyl (C=O) groups is 3. The summed E-state index contributed by atoms with van der Waals surface area (Å²) >= 11 is 0. The molecule has 2 aliphatic heterocycles. The number of sulfone groups is 1. The van der Waals surface area contributed by atoms with Gasteiger partial charge in [0.25, 0.3) is 0 Å². The Kier molecular flexibility index (Phi) is 7.41. The fourth-order valence-electron chi connectivity index (χ4n) is 5.92. The molecule has 9 nitrogen and oxygen atoms in total. The number of ether oxygens (including phenoxy) is 1. The van der Waals surface area contributed by atoms with Gasteiger partial charge in [0.1, 0.15) is 21.1 Å². The van der Waals surface area contributed by atoms with Gasteiger partial charge in [0.15, 0.2) is 0 Å². The average Bonchev–Trinajstić information content (AvgIpc) is 3.39. The van der Waals surface area contributed by atoms with Gasteiger partial charge in [-0.25, -0.2) is 8.42 Å². The lowest BCUT2D eigenvalue weighted by Gasteiger charge is -2.31. The van der Waals surface area contributed by atoms with E-state index in [0.717, 1.165) is 28.3 Å². The normalized spacial score (nSPS) is 24.4. The molecule has 2 aliphatic rings. The summed E-state index contributed by atoms with van der Waals surface area (Å²) in [4.78, 5) is 41.5. The molecule has 3 aromatic rings. The number of nitrogens with one attached hydrogen (secondary N) is 1. The van der Waals surface area contributed by atoms with E-state index in [1.54, 1.807) is 24.3 Å². The molecule has 2 amide bonds. The Morgan fingerprint density at radius 3 is 2.38 bits per heavy atom. The molecule has 4 atom stereocenters. The molecule has 2 N–H and O–H groups in total. The third-order valence-electron chi connectivity index (χ3n) is 7.82. The van der Waals surface area contributed by atoms with Crippen LogP contribution in [0.4, 0.5) is 0 Å². The van der Waals surface area contributed by atoms with Crippen LogP contribution in [0.25, 0.3) is 10.8 Å².